The Hall–Kier alpha value is -2.09. The van der Waals surface area contributed by atoms with E-state index in [-0.39, 0.29) is 6.54 Å². The van der Waals surface area contributed by atoms with Crippen molar-refractivity contribution in [2.75, 3.05) is 13.6 Å². The molecule has 1 aromatic heterocycles. The van der Waals surface area contributed by atoms with E-state index < -0.39 is 12.6 Å². The van der Waals surface area contributed by atoms with Crippen LogP contribution in [-0.4, -0.2) is 30.7 Å². The maximum Gasteiger partial charge on any atom is 0.390 e. The fourth-order valence-corrected chi connectivity index (χ4v) is 2.96. The van der Waals surface area contributed by atoms with E-state index in [1.807, 2.05) is 23.6 Å². The molecule has 0 atom stereocenters. The van der Waals surface area contributed by atoms with E-state index in [9.17, 15) is 13.2 Å². The molecule has 4 nitrogen and oxygen atoms in total. The molecule has 0 radical (unpaired) electrons. The van der Waals surface area contributed by atoms with Gasteiger partial charge in [0.05, 0.1) is 23.7 Å². The van der Waals surface area contributed by atoms with E-state index in [4.69, 9.17) is 0 Å². The molecule has 0 spiro atoms. The maximum absolute atomic E-state index is 12.1. The Morgan fingerprint density at radius 3 is 2.60 bits per heavy atom. The molecule has 25 heavy (non-hydrogen) atoms. The van der Waals surface area contributed by atoms with Gasteiger partial charge in [-0.25, -0.2) is 4.98 Å². The third-order valence-corrected chi connectivity index (χ3v) is 4.39. The minimum atomic E-state index is -4.17. The molecular formula is C17H21F3N4S. The van der Waals surface area contributed by atoms with Gasteiger partial charge in [0.25, 0.3) is 0 Å². The van der Waals surface area contributed by atoms with Gasteiger partial charge in [-0.2, -0.15) is 13.2 Å². The predicted molar refractivity (Wildman–Crippen MR) is 94.8 cm³/mol. The van der Waals surface area contributed by atoms with Gasteiger partial charge in [-0.1, -0.05) is 30.3 Å². The molecule has 0 saturated heterocycles. The van der Waals surface area contributed by atoms with Crippen LogP contribution in [0.25, 0.3) is 0 Å². The van der Waals surface area contributed by atoms with E-state index in [0.717, 1.165) is 23.5 Å². The Balaban J connectivity index is 1.74. The molecule has 0 amide bonds. The molecule has 2 rings (SSSR count). The highest BCUT2D eigenvalue weighted by Crippen LogP contribution is 2.18. The average molecular weight is 370 g/mol. The number of aromatic nitrogens is 1. The second kappa shape index (κ2) is 9.41. The first-order valence-electron chi connectivity index (χ1n) is 7.95. The molecule has 0 aliphatic carbocycles. The minimum absolute atomic E-state index is 0.206. The number of nitrogens with zero attached hydrogens (tertiary/aromatic N) is 2. The smallest absolute Gasteiger partial charge is 0.356 e. The van der Waals surface area contributed by atoms with E-state index in [0.29, 0.717) is 12.5 Å². The van der Waals surface area contributed by atoms with Crippen molar-refractivity contribution in [2.45, 2.75) is 32.0 Å². The number of thiazole rings is 1. The zero-order valence-electron chi connectivity index (χ0n) is 13.9. The number of aryl methyl sites for hydroxylation is 2. The third kappa shape index (κ3) is 7.55. The first-order chi connectivity index (χ1) is 12.0. The van der Waals surface area contributed by atoms with Gasteiger partial charge < -0.3 is 10.6 Å². The number of alkyl halides is 3. The van der Waals surface area contributed by atoms with Gasteiger partial charge in [-0.3, -0.25) is 4.99 Å². The van der Waals surface area contributed by atoms with Gasteiger partial charge >= 0.3 is 6.18 Å². The topological polar surface area (TPSA) is 49.3 Å². The fourth-order valence-electron chi connectivity index (χ4n) is 2.16. The van der Waals surface area contributed by atoms with Gasteiger partial charge in [0.1, 0.15) is 0 Å². The van der Waals surface area contributed by atoms with E-state index in [1.54, 1.807) is 11.3 Å². The first-order valence-corrected chi connectivity index (χ1v) is 8.83. The van der Waals surface area contributed by atoms with Crippen molar-refractivity contribution >= 4 is 17.3 Å². The number of rotatable bonds is 7. The SMILES string of the molecule is CN=C(NCCC(F)(F)F)NCc1csc(CCc2ccccc2)n1. The summed E-state index contributed by atoms with van der Waals surface area (Å²) in [5.74, 6) is 0.336. The van der Waals surface area contributed by atoms with Crippen molar-refractivity contribution < 1.29 is 13.2 Å². The predicted octanol–water partition coefficient (Wildman–Crippen LogP) is 3.55. The molecule has 2 aromatic rings. The molecular weight excluding hydrogens is 349 g/mol. The highest BCUT2D eigenvalue weighted by molar-refractivity contribution is 7.09. The number of aliphatic imine (C=N–C) groups is 1. The standard InChI is InChI=1S/C17H21F3N4S/c1-21-16(22-10-9-17(18,19)20)23-11-14-12-25-15(24-14)8-7-13-5-3-2-4-6-13/h2-6,12H,7-11H2,1H3,(H2,21,22,23). The number of hydrogen-bond acceptors (Lipinski definition) is 3. The summed E-state index contributed by atoms with van der Waals surface area (Å²) in [7, 11) is 1.52. The average Bonchev–Trinajstić information content (AvgIpc) is 3.04. The third-order valence-electron chi connectivity index (χ3n) is 3.43. The summed E-state index contributed by atoms with van der Waals surface area (Å²) in [5.41, 5.74) is 2.12. The van der Waals surface area contributed by atoms with Crippen molar-refractivity contribution in [2.24, 2.45) is 4.99 Å². The summed E-state index contributed by atoms with van der Waals surface area (Å²) >= 11 is 1.59. The Morgan fingerprint density at radius 2 is 1.92 bits per heavy atom. The van der Waals surface area contributed by atoms with Crippen molar-refractivity contribution in [3.8, 4) is 0 Å². The molecule has 0 bridgehead atoms. The Morgan fingerprint density at radius 1 is 1.16 bits per heavy atom. The molecule has 0 fully saturated rings. The van der Waals surface area contributed by atoms with Gasteiger partial charge in [0, 0.05) is 25.4 Å². The van der Waals surface area contributed by atoms with Crippen LogP contribution in [0, 0.1) is 0 Å². The quantitative estimate of drug-likeness (QED) is 0.579. The van der Waals surface area contributed by atoms with E-state index >= 15 is 0 Å². The molecule has 0 saturated carbocycles. The highest BCUT2D eigenvalue weighted by Gasteiger charge is 2.26. The lowest BCUT2D eigenvalue weighted by Gasteiger charge is -2.12. The monoisotopic (exact) mass is 370 g/mol. The number of halogens is 3. The second-order valence-corrected chi connectivity index (χ2v) is 6.38. The van der Waals surface area contributed by atoms with Crippen molar-refractivity contribution in [1.29, 1.82) is 0 Å². The lowest BCUT2D eigenvalue weighted by atomic mass is 10.1. The van der Waals surface area contributed by atoms with Crippen LogP contribution in [0.5, 0.6) is 0 Å². The van der Waals surface area contributed by atoms with Crippen LogP contribution >= 0.6 is 11.3 Å². The van der Waals surface area contributed by atoms with Gasteiger partial charge in [0.15, 0.2) is 5.96 Å². The lowest BCUT2D eigenvalue weighted by Crippen LogP contribution is -2.38. The van der Waals surface area contributed by atoms with Crippen molar-refractivity contribution in [3.05, 3.63) is 52.0 Å². The van der Waals surface area contributed by atoms with Crippen molar-refractivity contribution in [3.63, 3.8) is 0 Å². The number of nitrogens with one attached hydrogen (secondary N) is 2. The van der Waals surface area contributed by atoms with Crippen LogP contribution < -0.4 is 10.6 Å². The fraction of sp³-hybridized carbons (Fsp3) is 0.412. The van der Waals surface area contributed by atoms with Gasteiger partial charge in [-0.15, -0.1) is 11.3 Å². The van der Waals surface area contributed by atoms with Gasteiger partial charge in [-0.05, 0) is 12.0 Å². The molecule has 136 valence electrons. The van der Waals surface area contributed by atoms with Gasteiger partial charge in [0.2, 0.25) is 0 Å². The Bertz CT molecular complexity index is 668. The van der Waals surface area contributed by atoms with Crippen LogP contribution in [0.1, 0.15) is 22.7 Å². The summed E-state index contributed by atoms with van der Waals surface area (Å²) < 4.78 is 36.4. The molecule has 1 heterocycles. The Labute approximate surface area is 149 Å². The molecule has 2 N–H and O–H groups in total. The van der Waals surface area contributed by atoms with Crippen LogP contribution in [0.15, 0.2) is 40.7 Å². The summed E-state index contributed by atoms with van der Waals surface area (Å²) in [5, 5.41) is 8.62. The maximum atomic E-state index is 12.1. The summed E-state index contributed by atoms with van der Waals surface area (Å²) in [6.07, 6.45) is -3.27. The highest BCUT2D eigenvalue weighted by atomic mass is 32.1. The van der Waals surface area contributed by atoms with Crippen LogP contribution in [-0.2, 0) is 19.4 Å². The normalized spacial score (nSPS) is 12.2. The summed E-state index contributed by atoms with van der Waals surface area (Å²) in [6.45, 7) is 0.218. The molecule has 0 aliphatic rings. The van der Waals surface area contributed by atoms with Crippen LogP contribution in [0.4, 0.5) is 13.2 Å². The molecule has 0 unspecified atom stereocenters. The summed E-state index contributed by atoms with van der Waals surface area (Å²) in [4.78, 5) is 8.45. The summed E-state index contributed by atoms with van der Waals surface area (Å²) in [6, 6.07) is 10.2. The lowest BCUT2D eigenvalue weighted by molar-refractivity contribution is -0.132. The van der Waals surface area contributed by atoms with Crippen molar-refractivity contribution in [1.82, 2.24) is 15.6 Å². The first kappa shape index (κ1) is 19.2. The number of benzene rings is 1. The zero-order chi connectivity index (χ0) is 18.1. The largest absolute Gasteiger partial charge is 0.390 e. The Kier molecular flexibility index (Phi) is 7.24. The molecule has 0 aliphatic heterocycles. The molecule has 1 aromatic carbocycles. The second-order valence-electron chi connectivity index (χ2n) is 5.44. The van der Waals surface area contributed by atoms with Crippen LogP contribution in [0.3, 0.4) is 0 Å². The molecule has 8 heteroatoms. The minimum Gasteiger partial charge on any atom is -0.356 e. The van der Waals surface area contributed by atoms with E-state index in [1.165, 1.54) is 12.6 Å². The zero-order valence-corrected chi connectivity index (χ0v) is 14.8. The van der Waals surface area contributed by atoms with E-state index in [2.05, 4.69) is 32.7 Å². The number of hydrogen-bond donors (Lipinski definition) is 2. The van der Waals surface area contributed by atoms with Crippen LogP contribution in [0.2, 0.25) is 0 Å². The number of guanidine groups is 1.